The van der Waals surface area contributed by atoms with Crippen molar-refractivity contribution < 1.29 is 24.2 Å². The number of hydrogen-bond donors (Lipinski definition) is 2. The van der Waals surface area contributed by atoms with E-state index in [0.717, 1.165) is 11.1 Å². The zero-order valence-corrected chi connectivity index (χ0v) is 14.9. The van der Waals surface area contributed by atoms with Gasteiger partial charge in [-0.3, -0.25) is 4.79 Å². The molecule has 0 unspecified atom stereocenters. The lowest BCUT2D eigenvalue weighted by molar-refractivity contribution is 0.112. The highest BCUT2D eigenvalue weighted by atomic mass is 16.5. The van der Waals surface area contributed by atoms with Crippen molar-refractivity contribution in [2.75, 3.05) is 7.11 Å². The number of phenols is 2. The van der Waals surface area contributed by atoms with Crippen LogP contribution >= 0.6 is 0 Å². The van der Waals surface area contributed by atoms with Crippen molar-refractivity contribution in [3.8, 4) is 28.6 Å². The number of aromatic hydroxyl groups is 2. The molecule has 0 aliphatic rings. The van der Waals surface area contributed by atoms with Crippen LogP contribution in [0.4, 0.5) is 0 Å². The summed E-state index contributed by atoms with van der Waals surface area (Å²) in [5.74, 6) is 0.702. The highest BCUT2D eigenvalue weighted by Gasteiger charge is 2.21. The summed E-state index contributed by atoms with van der Waals surface area (Å²) < 4.78 is 11.5. The minimum absolute atomic E-state index is 0.0686. The van der Waals surface area contributed by atoms with Crippen molar-refractivity contribution >= 4 is 17.3 Å². The lowest BCUT2D eigenvalue weighted by Gasteiger charge is -2.07. The Hall–Kier alpha value is -3.21. The van der Waals surface area contributed by atoms with E-state index in [1.165, 1.54) is 18.2 Å². The van der Waals surface area contributed by atoms with E-state index < -0.39 is 0 Å². The average molecular weight is 352 g/mol. The standard InChI is InChI=1S/C21H20O5/c1-12(2)4-6-16-19(25-3)9-8-14-17(11-22)21(26-20(14)16)15-7-5-13(23)10-18(15)24/h4-5,7-11,23-24H,6H2,1-3H3. The number of hydrogen-bond acceptors (Lipinski definition) is 5. The number of rotatable bonds is 5. The number of aldehydes is 1. The maximum atomic E-state index is 11.8. The van der Waals surface area contributed by atoms with Gasteiger partial charge in [0.15, 0.2) is 6.29 Å². The van der Waals surface area contributed by atoms with Crippen LogP contribution in [0.2, 0.25) is 0 Å². The van der Waals surface area contributed by atoms with Gasteiger partial charge in [-0.15, -0.1) is 0 Å². The van der Waals surface area contributed by atoms with E-state index in [2.05, 4.69) is 6.08 Å². The first kappa shape index (κ1) is 17.6. The molecule has 5 nitrogen and oxygen atoms in total. The SMILES string of the molecule is COc1ccc2c(C=O)c(-c3ccc(O)cc3O)oc2c1CC=C(C)C. The summed E-state index contributed by atoms with van der Waals surface area (Å²) in [6.45, 7) is 4.01. The van der Waals surface area contributed by atoms with E-state index in [-0.39, 0.29) is 17.3 Å². The Morgan fingerprint density at radius 3 is 2.58 bits per heavy atom. The van der Waals surface area contributed by atoms with Gasteiger partial charge in [-0.25, -0.2) is 0 Å². The molecule has 0 aliphatic heterocycles. The topological polar surface area (TPSA) is 79.9 Å². The predicted molar refractivity (Wildman–Crippen MR) is 100 cm³/mol. The monoisotopic (exact) mass is 352 g/mol. The molecule has 26 heavy (non-hydrogen) atoms. The van der Waals surface area contributed by atoms with Crippen molar-refractivity contribution in [3.05, 3.63) is 53.1 Å². The van der Waals surface area contributed by atoms with Gasteiger partial charge >= 0.3 is 0 Å². The molecule has 0 saturated heterocycles. The molecule has 0 radical (unpaired) electrons. The van der Waals surface area contributed by atoms with Gasteiger partial charge in [0, 0.05) is 17.0 Å². The van der Waals surface area contributed by atoms with Crippen LogP contribution in [-0.4, -0.2) is 23.6 Å². The Labute approximate surface area is 151 Å². The molecule has 134 valence electrons. The molecule has 0 atom stereocenters. The van der Waals surface area contributed by atoms with E-state index >= 15 is 0 Å². The molecule has 0 amide bonds. The molecule has 0 aliphatic carbocycles. The zero-order chi connectivity index (χ0) is 18.8. The Bertz CT molecular complexity index is 1010. The summed E-state index contributed by atoms with van der Waals surface area (Å²) in [7, 11) is 1.59. The van der Waals surface area contributed by atoms with Gasteiger partial charge in [0.2, 0.25) is 0 Å². The molecule has 1 aromatic heterocycles. The second kappa shape index (κ2) is 6.96. The van der Waals surface area contributed by atoms with Crippen LogP contribution in [0.1, 0.15) is 29.8 Å². The fourth-order valence-electron chi connectivity index (χ4n) is 2.94. The summed E-state index contributed by atoms with van der Waals surface area (Å²) in [4.78, 5) is 11.8. The molecule has 1 heterocycles. The molecule has 5 heteroatoms. The minimum Gasteiger partial charge on any atom is -0.508 e. The first-order valence-electron chi connectivity index (χ1n) is 8.19. The molecule has 0 saturated carbocycles. The first-order valence-corrected chi connectivity index (χ1v) is 8.19. The Kier molecular flexibility index (Phi) is 4.71. The van der Waals surface area contributed by atoms with Crippen molar-refractivity contribution in [3.63, 3.8) is 0 Å². The summed E-state index contributed by atoms with van der Waals surface area (Å²) >= 11 is 0. The lowest BCUT2D eigenvalue weighted by atomic mass is 10.0. The van der Waals surface area contributed by atoms with Crippen LogP contribution in [0.15, 0.2) is 46.4 Å². The third kappa shape index (κ3) is 3.04. The smallest absolute Gasteiger partial charge is 0.154 e. The summed E-state index contributed by atoms with van der Waals surface area (Å²) in [6.07, 6.45) is 3.36. The van der Waals surface area contributed by atoms with Crippen molar-refractivity contribution in [2.45, 2.75) is 20.3 Å². The van der Waals surface area contributed by atoms with Crippen LogP contribution < -0.4 is 4.74 Å². The minimum atomic E-state index is -0.162. The van der Waals surface area contributed by atoms with Gasteiger partial charge in [0.05, 0.1) is 18.2 Å². The number of methoxy groups -OCH3 is 1. The number of carbonyl (C=O) groups excluding carboxylic acids is 1. The largest absolute Gasteiger partial charge is 0.508 e. The Morgan fingerprint density at radius 2 is 1.96 bits per heavy atom. The van der Waals surface area contributed by atoms with Gasteiger partial charge < -0.3 is 19.4 Å². The maximum absolute atomic E-state index is 11.8. The highest BCUT2D eigenvalue weighted by Crippen LogP contribution is 2.41. The first-order chi connectivity index (χ1) is 12.5. The number of benzene rings is 2. The molecular formula is C21H20O5. The molecule has 0 spiro atoms. The van der Waals surface area contributed by atoms with Crippen LogP contribution in [0.3, 0.4) is 0 Å². The Balaban J connectivity index is 2.30. The van der Waals surface area contributed by atoms with E-state index in [0.29, 0.717) is 40.6 Å². The molecule has 0 bridgehead atoms. The van der Waals surface area contributed by atoms with E-state index in [1.807, 2.05) is 13.8 Å². The summed E-state index contributed by atoms with van der Waals surface area (Å²) in [6, 6.07) is 7.74. The van der Waals surface area contributed by atoms with Crippen molar-refractivity contribution in [1.82, 2.24) is 0 Å². The fourth-order valence-corrected chi connectivity index (χ4v) is 2.94. The zero-order valence-electron chi connectivity index (χ0n) is 14.9. The molecular weight excluding hydrogens is 332 g/mol. The van der Waals surface area contributed by atoms with Gasteiger partial charge in [0.25, 0.3) is 0 Å². The van der Waals surface area contributed by atoms with Crippen LogP contribution in [0.5, 0.6) is 17.2 Å². The normalized spacial score (nSPS) is 10.7. The predicted octanol–water partition coefficient (Wildman–Crippen LogP) is 4.84. The summed E-state index contributed by atoms with van der Waals surface area (Å²) in [5, 5.41) is 20.3. The van der Waals surface area contributed by atoms with E-state index in [1.54, 1.807) is 19.2 Å². The lowest BCUT2D eigenvalue weighted by Crippen LogP contribution is -1.92. The fraction of sp³-hybridized carbons (Fsp3) is 0.190. The number of fused-ring (bicyclic) bond motifs is 1. The number of allylic oxidation sites excluding steroid dienone is 2. The van der Waals surface area contributed by atoms with Crippen molar-refractivity contribution in [1.29, 1.82) is 0 Å². The van der Waals surface area contributed by atoms with Gasteiger partial charge in [0.1, 0.15) is 28.6 Å². The number of phenolic OH excluding ortho intramolecular Hbond substituents is 2. The quantitative estimate of drug-likeness (QED) is 0.507. The Morgan fingerprint density at radius 1 is 1.19 bits per heavy atom. The summed E-state index contributed by atoms with van der Waals surface area (Å²) in [5.41, 5.74) is 3.23. The highest BCUT2D eigenvalue weighted by molar-refractivity contribution is 6.04. The van der Waals surface area contributed by atoms with Gasteiger partial charge in [-0.05, 0) is 44.5 Å². The third-order valence-electron chi connectivity index (χ3n) is 4.23. The van der Waals surface area contributed by atoms with E-state index in [4.69, 9.17) is 9.15 Å². The third-order valence-corrected chi connectivity index (χ3v) is 4.23. The maximum Gasteiger partial charge on any atom is 0.154 e. The number of carbonyl (C=O) groups is 1. The molecule has 0 fully saturated rings. The van der Waals surface area contributed by atoms with E-state index in [9.17, 15) is 15.0 Å². The van der Waals surface area contributed by atoms with Crippen LogP contribution in [-0.2, 0) is 6.42 Å². The second-order valence-electron chi connectivity index (χ2n) is 6.27. The molecule has 3 aromatic rings. The van der Waals surface area contributed by atoms with Crippen LogP contribution in [0.25, 0.3) is 22.3 Å². The van der Waals surface area contributed by atoms with Crippen LogP contribution in [0, 0.1) is 0 Å². The molecule has 2 N–H and O–H groups in total. The number of ether oxygens (including phenoxy) is 1. The second-order valence-corrected chi connectivity index (χ2v) is 6.27. The van der Waals surface area contributed by atoms with Crippen molar-refractivity contribution in [2.24, 2.45) is 0 Å². The molecule has 3 rings (SSSR count). The van der Waals surface area contributed by atoms with Gasteiger partial charge in [-0.1, -0.05) is 11.6 Å². The average Bonchev–Trinajstić information content (AvgIpc) is 2.97. The van der Waals surface area contributed by atoms with Gasteiger partial charge in [-0.2, -0.15) is 0 Å². The molecule has 2 aromatic carbocycles. The number of furan rings is 1.